The fourth-order valence-electron chi connectivity index (χ4n) is 4.28. The Kier molecular flexibility index (Phi) is 10.9. The first kappa shape index (κ1) is 33.8. The highest BCUT2D eigenvalue weighted by Crippen LogP contribution is 2.39. The third kappa shape index (κ3) is 7.80. The Morgan fingerprint density at radius 2 is 1.68 bits per heavy atom. The van der Waals surface area contributed by atoms with Crippen LogP contribution in [-0.2, 0) is 5.41 Å². The molecule has 3 aromatic carbocycles. The van der Waals surface area contributed by atoms with Gasteiger partial charge in [0.15, 0.2) is 11.6 Å². The number of aryl methyl sites for hydroxylation is 1. The Balaban J connectivity index is 1.86. The molecule has 3 rings (SSSR count). The third-order valence-electron chi connectivity index (χ3n) is 6.97. The highest BCUT2D eigenvalue weighted by molar-refractivity contribution is 7.99. The second kappa shape index (κ2) is 14.2. The van der Waals surface area contributed by atoms with Crippen LogP contribution in [-0.4, -0.2) is 42.8 Å². The number of benzene rings is 3. The van der Waals surface area contributed by atoms with Gasteiger partial charge in [0.1, 0.15) is 0 Å². The molecule has 0 aliphatic heterocycles. The van der Waals surface area contributed by atoms with Crippen LogP contribution in [0.2, 0.25) is 0 Å². The second-order valence-corrected chi connectivity index (χ2v) is 11.8. The number of ketones is 1. The number of amidine groups is 1. The molecule has 0 unspecified atom stereocenters. The Morgan fingerprint density at radius 3 is 2.27 bits per heavy atom. The van der Waals surface area contributed by atoms with Crippen LogP contribution in [0.15, 0.2) is 84.8 Å². The summed E-state index contributed by atoms with van der Waals surface area (Å²) in [6.07, 6.45) is 3.34. The molecule has 1 amide bonds. The predicted octanol–water partition coefficient (Wildman–Crippen LogP) is 6.03. The average molecular weight is 616 g/mol. The molecule has 0 atom stereocenters. The van der Waals surface area contributed by atoms with Crippen molar-refractivity contribution in [3.8, 4) is 5.75 Å². The lowest BCUT2D eigenvalue weighted by atomic mass is 9.86. The van der Waals surface area contributed by atoms with Crippen LogP contribution >= 0.6 is 11.9 Å². The molecule has 0 radical (unpaired) electrons. The number of likely N-dealkylation sites (N-methyl/N-ethyl adjacent to an activating group) is 1. The zero-order chi connectivity index (χ0) is 32.8. The monoisotopic (exact) mass is 615 g/mol. The molecule has 0 saturated heterocycles. The molecule has 3 aromatic rings. The first-order chi connectivity index (χ1) is 20.7. The largest absolute Gasteiger partial charge is 0.492 e. The van der Waals surface area contributed by atoms with Gasteiger partial charge in [-0.3, -0.25) is 20.0 Å². The third-order valence-corrected chi connectivity index (χ3v) is 7.40. The van der Waals surface area contributed by atoms with Crippen molar-refractivity contribution < 1.29 is 14.3 Å². The molecule has 0 aliphatic rings. The summed E-state index contributed by atoms with van der Waals surface area (Å²) >= 11 is 1.43. The van der Waals surface area contributed by atoms with E-state index in [1.807, 2.05) is 25.3 Å². The van der Waals surface area contributed by atoms with Crippen molar-refractivity contribution in [3.05, 3.63) is 107 Å². The van der Waals surface area contributed by atoms with E-state index in [-0.39, 0.29) is 28.6 Å². The molecular formula is C33H41N7O3S. The van der Waals surface area contributed by atoms with Gasteiger partial charge in [0.05, 0.1) is 35.6 Å². The van der Waals surface area contributed by atoms with E-state index in [0.717, 1.165) is 16.8 Å². The number of rotatable bonds is 11. The SMILES string of the molecule is C=C(/C(N)=C/N(N)c1cc(C(=O)Nc2cc(C(C)(C)C)cc(NSC)c2OC)ccc1C)N(C)C(=N)C(=O)c1ccccc1. The molecular weight excluding hydrogens is 574 g/mol. The van der Waals surface area contributed by atoms with Gasteiger partial charge < -0.3 is 25.4 Å². The molecule has 0 aliphatic carbocycles. The Bertz CT molecular complexity index is 1600. The van der Waals surface area contributed by atoms with Crippen molar-refractivity contribution in [2.45, 2.75) is 33.1 Å². The number of Topliss-reactive ketones (excluding diaryl/α,β-unsaturated/α-hetero) is 1. The number of methoxy groups -OCH3 is 1. The van der Waals surface area contributed by atoms with Crippen molar-refractivity contribution >= 4 is 46.5 Å². The number of nitrogens with two attached hydrogens (primary N) is 2. The summed E-state index contributed by atoms with van der Waals surface area (Å²) < 4.78 is 8.91. The molecule has 0 bridgehead atoms. The molecule has 0 saturated carbocycles. The summed E-state index contributed by atoms with van der Waals surface area (Å²) in [5.74, 6) is 5.78. The summed E-state index contributed by atoms with van der Waals surface area (Å²) in [7, 11) is 3.09. The summed E-state index contributed by atoms with van der Waals surface area (Å²) in [6.45, 7) is 12.1. The van der Waals surface area contributed by atoms with E-state index in [2.05, 4.69) is 37.4 Å². The molecule has 0 aromatic heterocycles. The van der Waals surface area contributed by atoms with Gasteiger partial charge in [0.2, 0.25) is 5.78 Å². The van der Waals surface area contributed by atoms with Crippen LogP contribution < -0.4 is 31.4 Å². The first-order valence-corrected chi connectivity index (χ1v) is 15.0. The number of hydrogen-bond donors (Lipinski definition) is 5. The van der Waals surface area contributed by atoms with E-state index in [1.165, 1.54) is 35.1 Å². The maximum atomic E-state index is 13.5. The zero-order valence-corrected chi connectivity index (χ0v) is 27.1. The maximum absolute atomic E-state index is 13.5. The number of hydrogen-bond acceptors (Lipinski definition) is 9. The van der Waals surface area contributed by atoms with Gasteiger partial charge in [-0.15, -0.1) is 0 Å². The maximum Gasteiger partial charge on any atom is 0.255 e. The zero-order valence-electron chi connectivity index (χ0n) is 26.2. The number of hydrazine groups is 1. The van der Waals surface area contributed by atoms with Gasteiger partial charge in [-0.1, -0.05) is 75.7 Å². The van der Waals surface area contributed by atoms with E-state index in [9.17, 15) is 9.59 Å². The van der Waals surface area contributed by atoms with Gasteiger partial charge in [-0.2, -0.15) is 0 Å². The summed E-state index contributed by atoms with van der Waals surface area (Å²) in [6, 6.07) is 17.6. The van der Waals surface area contributed by atoms with Gasteiger partial charge in [-0.25, -0.2) is 5.84 Å². The Morgan fingerprint density at radius 1 is 1.05 bits per heavy atom. The predicted molar refractivity (Wildman–Crippen MR) is 182 cm³/mol. The number of nitrogens with one attached hydrogen (secondary N) is 3. The molecule has 0 spiro atoms. The molecule has 11 heteroatoms. The minimum Gasteiger partial charge on any atom is -0.492 e. The van der Waals surface area contributed by atoms with Crippen molar-refractivity contribution in [1.82, 2.24) is 4.90 Å². The summed E-state index contributed by atoms with van der Waals surface area (Å²) in [5.41, 5.74) is 10.8. The van der Waals surface area contributed by atoms with E-state index >= 15 is 0 Å². The average Bonchev–Trinajstić information content (AvgIpc) is 2.99. The minimum atomic E-state index is -0.470. The fraction of sp³-hybridized carbons (Fsp3) is 0.242. The number of carbonyl (C=O) groups excluding carboxylic acids is 2. The quantitative estimate of drug-likeness (QED) is 0.0331. The van der Waals surface area contributed by atoms with Crippen LogP contribution in [0.25, 0.3) is 0 Å². The van der Waals surface area contributed by atoms with Gasteiger partial charge >= 0.3 is 0 Å². The standard InChI is InChI=1S/C33H41N7O3S/c1-20-14-15-23(32(42)37-26-17-24(33(3,4)5)18-27(38-44-8)30(26)43-7)16-28(20)40(36)19-25(34)21(2)39(6)31(35)29(41)22-12-10-9-11-13-22/h9-19,35,38H,2,34,36H2,1,3-8H3,(H,37,42)/b25-19-,35-31?. The van der Waals surface area contributed by atoms with Crippen molar-refractivity contribution in [2.24, 2.45) is 11.6 Å². The van der Waals surface area contributed by atoms with Crippen molar-refractivity contribution in [2.75, 3.05) is 35.5 Å². The Hall–Kier alpha value is -4.74. The Labute approximate surface area is 263 Å². The van der Waals surface area contributed by atoms with E-state index < -0.39 is 5.78 Å². The normalized spacial score (nSPS) is 11.4. The van der Waals surface area contributed by atoms with Gasteiger partial charge in [0, 0.05) is 30.6 Å². The van der Waals surface area contributed by atoms with Gasteiger partial charge in [0.25, 0.3) is 5.91 Å². The van der Waals surface area contributed by atoms with E-state index in [4.69, 9.17) is 21.7 Å². The summed E-state index contributed by atoms with van der Waals surface area (Å²) in [5, 5.41) is 12.6. The molecule has 44 heavy (non-hydrogen) atoms. The number of amides is 1. The lowest BCUT2D eigenvalue weighted by Crippen LogP contribution is -2.35. The molecule has 7 N–H and O–H groups in total. The molecule has 232 valence electrons. The van der Waals surface area contributed by atoms with Crippen LogP contribution in [0.5, 0.6) is 5.75 Å². The molecule has 0 fully saturated rings. The lowest BCUT2D eigenvalue weighted by Gasteiger charge is -2.24. The topological polar surface area (TPSA) is 150 Å². The van der Waals surface area contributed by atoms with Crippen LogP contribution in [0, 0.1) is 12.3 Å². The first-order valence-electron chi connectivity index (χ1n) is 13.8. The fourth-order valence-corrected chi connectivity index (χ4v) is 4.66. The number of nitrogens with zero attached hydrogens (tertiary/aromatic N) is 2. The highest BCUT2D eigenvalue weighted by Gasteiger charge is 2.22. The number of anilines is 3. The van der Waals surface area contributed by atoms with Crippen LogP contribution in [0.1, 0.15) is 52.6 Å². The van der Waals surface area contributed by atoms with Crippen molar-refractivity contribution in [3.63, 3.8) is 0 Å². The lowest BCUT2D eigenvalue weighted by molar-refractivity contribution is 0.102. The van der Waals surface area contributed by atoms with Crippen molar-refractivity contribution in [1.29, 1.82) is 5.41 Å². The summed E-state index contributed by atoms with van der Waals surface area (Å²) in [4.78, 5) is 27.5. The minimum absolute atomic E-state index is 0.132. The highest BCUT2D eigenvalue weighted by atomic mass is 32.2. The van der Waals surface area contributed by atoms with Crippen LogP contribution in [0.3, 0.4) is 0 Å². The number of ether oxygens (including phenoxy) is 1. The number of carbonyl (C=O) groups is 2. The van der Waals surface area contributed by atoms with Gasteiger partial charge in [-0.05, 0) is 47.7 Å². The van der Waals surface area contributed by atoms with E-state index in [1.54, 1.807) is 55.6 Å². The second-order valence-electron chi connectivity index (χ2n) is 11.2. The van der Waals surface area contributed by atoms with Crippen LogP contribution in [0.4, 0.5) is 17.1 Å². The van der Waals surface area contributed by atoms with E-state index in [0.29, 0.717) is 28.3 Å². The smallest absolute Gasteiger partial charge is 0.255 e. The molecule has 10 nitrogen and oxygen atoms in total. The molecule has 0 heterocycles.